The van der Waals surface area contributed by atoms with E-state index < -0.39 is 0 Å². The fourth-order valence-electron chi connectivity index (χ4n) is 2.23. The monoisotopic (exact) mass is 338 g/mol. The van der Waals surface area contributed by atoms with Gasteiger partial charge in [-0.1, -0.05) is 22.0 Å². The molecule has 1 atom stereocenters. The van der Waals surface area contributed by atoms with E-state index in [-0.39, 0.29) is 6.04 Å². The Bertz CT molecular complexity index is 570. The number of nitrogens with two attached hydrogens (primary N) is 1. The lowest BCUT2D eigenvalue weighted by Gasteiger charge is -2.19. The first-order valence-electron chi connectivity index (χ1n) is 6.49. The van der Waals surface area contributed by atoms with Crippen molar-refractivity contribution in [2.45, 2.75) is 25.9 Å². The number of methoxy groups -OCH3 is 1. The predicted molar refractivity (Wildman–Crippen MR) is 82.4 cm³/mol. The molecule has 0 aliphatic rings. The minimum absolute atomic E-state index is 0.0502. The number of hydrogen-bond acceptors (Lipinski definition) is 4. The van der Waals surface area contributed by atoms with Crippen LogP contribution in [0, 0.1) is 0 Å². The van der Waals surface area contributed by atoms with Gasteiger partial charge in [0, 0.05) is 35.4 Å². The Labute approximate surface area is 127 Å². The van der Waals surface area contributed by atoms with Gasteiger partial charge in [0.05, 0.1) is 13.2 Å². The first-order chi connectivity index (χ1) is 9.69. The first kappa shape index (κ1) is 15.0. The van der Waals surface area contributed by atoms with Gasteiger partial charge in [-0.25, -0.2) is 4.98 Å². The SMILES string of the molecule is CCn1ccnc1CC(NN)c1ccc(Br)cc1OC. The van der Waals surface area contributed by atoms with Gasteiger partial charge in [0.2, 0.25) is 0 Å². The molecule has 0 fully saturated rings. The van der Waals surface area contributed by atoms with Crippen molar-refractivity contribution in [2.75, 3.05) is 7.11 Å². The van der Waals surface area contributed by atoms with E-state index in [1.165, 1.54) is 0 Å². The second-order valence-corrected chi connectivity index (χ2v) is 5.35. The first-order valence-corrected chi connectivity index (χ1v) is 7.28. The Morgan fingerprint density at radius 2 is 2.30 bits per heavy atom. The third kappa shape index (κ3) is 3.20. The number of nitrogens with zero attached hydrogens (tertiary/aromatic N) is 2. The normalized spacial score (nSPS) is 12.4. The highest BCUT2D eigenvalue weighted by Gasteiger charge is 2.18. The molecule has 0 saturated carbocycles. The third-order valence-corrected chi connectivity index (χ3v) is 3.79. The molecule has 2 rings (SSSR count). The number of aromatic nitrogens is 2. The zero-order valence-corrected chi connectivity index (χ0v) is 13.2. The van der Waals surface area contributed by atoms with Crippen LogP contribution in [0.25, 0.3) is 0 Å². The van der Waals surface area contributed by atoms with Crippen molar-refractivity contribution in [1.82, 2.24) is 15.0 Å². The maximum atomic E-state index is 5.72. The molecular weight excluding hydrogens is 320 g/mol. The number of hydrogen-bond donors (Lipinski definition) is 2. The molecule has 0 spiro atoms. The van der Waals surface area contributed by atoms with E-state index in [0.29, 0.717) is 6.42 Å². The highest BCUT2D eigenvalue weighted by Crippen LogP contribution is 2.29. The van der Waals surface area contributed by atoms with Crippen LogP contribution in [0.2, 0.25) is 0 Å². The second kappa shape index (κ2) is 6.88. The predicted octanol–water partition coefficient (Wildman–Crippen LogP) is 2.42. The maximum absolute atomic E-state index is 5.72. The maximum Gasteiger partial charge on any atom is 0.124 e. The van der Waals surface area contributed by atoms with Crippen LogP contribution in [0.3, 0.4) is 0 Å². The van der Waals surface area contributed by atoms with E-state index in [2.05, 4.69) is 37.8 Å². The molecule has 108 valence electrons. The fraction of sp³-hybridized carbons (Fsp3) is 0.357. The van der Waals surface area contributed by atoms with E-state index in [1.807, 2.05) is 30.6 Å². The smallest absolute Gasteiger partial charge is 0.124 e. The number of halogens is 1. The molecule has 5 nitrogen and oxygen atoms in total. The molecule has 1 unspecified atom stereocenters. The van der Waals surface area contributed by atoms with Gasteiger partial charge in [0.15, 0.2) is 0 Å². The summed E-state index contributed by atoms with van der Waals surface area (Å²) in [6.45, 7) is 2.99. The molecule has 0 bridgehead atoms. The van der Waals surface area contributed by atoms with Crippen molar-refractivity contribution < 1.29 is 4.74 Å². The summed E-state index contributed by atoms with van der Waals surface area (Å²) in [6, 6.07) is 5.87. The summed E-state index contributed by atoms with van der Waals surface area (Å²) in [4.78, 5) is 4.39. The lowest BCUT2D eigenvalue weighted by molar-refractivity contribution is 0.397. The zero-order chi connectivity index (χ0) is 14.5. The molecule has 1 aromatic heterocycles. The standard InChI is InChI=1S/C14H19BrN4O/c1-3-19-7-6-17-14(19)9-12(18-16)11-5-4-10(15)8-13(11)20-2/h4-8,12,18H,3,9,16H2,1-2H3. The van der Waals surface area contributed by atoms with Crippen molar-refractivity contribution in [3.8, 4) is 5.75 Å². The van der Waals surface area contributed by atoms with Gasteiger partial charge >= 0.3 is 0 Å². The lowest BCUT2D eigenvalue weighted by atomic mass is 10.0. The van der Waals surface area contributed by atoms with Crippen LogP contribution in [-0.2, 0) is 13.0 Å². The van der Waals surface area contributed by atoms with Gasteiger partial charge in [-0.3, -0.25) is 11.3 Å². The highest BCUT2D eigenvalue weighted by molar-refractivity contribution is 9.10. The van der Waals surface area contributed by atoms with Crippen molar-refractivity contribution in [3.63, 3.8) is 0 Å². The summed E-state index contributed by atoms with van der Waals surface area (Å²) in [6.07, 6.45) is 4.49. The van der Waals surface area contributed by atoms with Crippen molar-refractivity contribution in [2.24, 2.45) is 5.84 Å². The summed E-state index contributed by atoms with van der Waals surface area (Å²) in [5, 5.41) is 0. The number of ether oxygens (including phenoxy) is 1. The molecule has 2 aromatic rings. The van der Waals surface area contributed by atoms with Crippen molar-refractivity contribution >= 4 is 15.9 Å². The minimum atomic E-state index is -0.0502. The Morgan fingerprint density at radius 1 is 1.50 bits per heavy atom. The van der Waals surface area contributed by atoms with Gasteiger partial charge in [0.25, 0.3) is 0 Å². The minimum Gasteiger partial charge on any atom is -0.496 e. The van der Waals surface area contributed by atoms with Crippen LogP contribution in [0.4, 0.5) is 0 Å². The summed E-state index contributed by atoms with van der Waals surface area (Å²) >= 11 is 3.44. The third-order valence-electron chi connectivity index (χ3n) is 3.30. The lowest BCUT2D eigenvalue weighted by Crippen LogP contribution is -2.30. The van der Waals surface area contributed by atoms with Crippen LogP contribution in [-0.4, -0.2) is 16.7 Å². The van der Waals surface area contributed by atoms with E-state index in [9.17, 15) is 0 Å². The van der Waals surface area contributed by atoms with Crippen molar-refractivity contribution in [3.05, 3.63) is 46.5 Å². The van der Waals surface area contributed by atoms with Gasteiger partial charge in [0.1, 0.15) is 11.6 Å². The number of hydrazine groups is 1. The number of aryl methyl sites for hydroxylation is 1. The van der Waals surface area contributed by atoms with E-state index in [0.717, 1.165) is 28.2 Å². The molecule has 0 aliphatic carbocycles. The van der Waals surface area contributed by atoms with Gasteiger partial charge < -0.3 is 9.30 Å². The Kier molecular flexibility index (Phi) is 5.17. The molecule has 0 radical (unpaired) electrons. The quantitative estimate of drug-likeness (QED) is 0.627. The van der Waals surface area contributed by atoms with Crippen LogP contribution < -0.4 is 16.0 Å². The molecule has 0 amide bonds. The van der Waals surface area contributed by atoms with Crippen LogP contribution in [0.1, 0.15) is 24.4 Å². The molecule has 1 heterocycles. The molecule has 0 aliphatic heterocycles. The van der Waals surface area contributed by atoms with E-state index in [4.69, 9.17) is 10.6 Å². The molecule has 3 N–H and O–H groups in total. The Hall–Kier alpha value is -1.37. The average molecular weight is 339 g/mol. The summed E-state index contributed by atoms with van der Waals surface area (Å²) < 4.78 is 8.51. The zero-order valence-electron chi connectivity index (χ0n) is 11.6. The number of nitrogens with one attached hydrogen (secondary N) is 1. The van der Waals surface area contributed by atoms with Crippen LogP contribution in [0.5, 0.6) is 5.75 Å². The van der Waals surface area contributed by atoms with Crippen molar-refractivity contribution in [1.29, 1.82) is 0 Å². The number of benzene rings is 1. The van der Waals surface area contributed by atoms with Gasteiger partial charge in [-0.2, -0.15) is 0 Å². The van der Waals surface area contributed by atoms with E-state index in [1.54, 1.807) is 7.11 Å². The number of rotatable bonds is 6. The molecule has 0 saturated heterocycles. The Morgan fingerprint density at radius 3 is 2.95 bits per heavy atom. The van der Waals surface area contributed by atoms with Crippen LogP contribution >= 0.6 is 15.9 Å². The molecule has 20 heavy (non-hydrogen) atoms. The largest absolute Gasteiger partial charge is 0.496 e. The second-order valence-electron chi connectivity index (χ2n) is 4.44. The van der Waals surface area contributed by atoms with E-state index >= 15 is 0 Å². The highest BCUT2D eigenvalue weighted by atomic mass is 79.9. The summed E-state index contributed by atoms with van der Waals surface area (Å²) in [5.41, 5.74) is 3.87. The Balaban J connectivity index is 2.28. The number of imidazole rings is 1. The summed E-state index contributed by atoms with van der Waals surface area (Å²) in [5.74, 6) is 7.52. The van der Waals surface area contributed by atoms with Gasteiger partial charge in [-0.15, -0.1) is 0 Å². The molecular formula is C14H19BrN4O. The molecule has 6 heteroatoms. The van der Waals surface area contributed by atoms with Crippen LogP contribution in [0.15, 0.2) is 35.1 Å². The average Bonchev–Trinajstić information content (AvgIpc) is 2.92. The topological polar surface area (TPSA) is 65.1 Å². The fourth-order valence-corrected chi connectivity index (χ4v) is 2.57. The van der Waals surface area contributed by atoms with Gasteiger partial charge in [-0.05, 0) is 19.1 Å². The summed E-state index contributed by atoms with van der Waals surface area (Å²) in [7, 11) is 1.66. The molecule has 1 aromatic carbocycles.